The number of rotatable bonds is 8. The lowest BCUT2D eigenvalue weighted by molar-refractivity contribution is 0.0474. The molecule has 2 fully saturated rings. The summed E-state index contributed by atoms with van der Waals surface area (Å²) >= 11 is 0. The number of hydrogen-bond donors (Lipinski definition) is 1. The predicted molar refractivity (Wildman–Crippen MR) is 145 cm³/mol. The van der Waals surface area contributed by atoms with Gasteiger partial charge in [0.25, 0.3) is 5.91 Å². The van der Waals surface area contributed by atoms with E-state index >= 15 is 0 Å². The maximum absolute atomic E-state index is 14.0. The number of piperidine rings is 2. The van der Waals surface area contributed by atoms with Crippen molar-refractivity contribution in [1.82, 2.24) is 9.80 Å². The van der Waals surface area contributed by atoms with E-state index in [1.165, 1.54) is 5.69 Å². The molecule has 6 heteroatoms. The zero-order chi connectivity index (χ0) is 25.7. The minimum atomic E-state index is -1.13. The lowest BCUT2D eigenvalue weighted by atomic mass is 9.95. The van der Waals surface area contributed by atoms with Crippen LogP contribution in [0.3, 0.4) is 0 Å². The van der Waals surface area contributed by atoms with Gasteiger partial charge in [0.15, 0.2) is 0 Å². The Labute approximate surface area is 215 Å². The highest BCUT2D eigenvalue weighted by molar-refractivity contribution is 5.94. The van der Waals surface area contributed by atoms with Crippen LogP contribution >= 0.6 is 0 Å². The van der Waals surface area contributed by atoms with Crippen molar-refractivity contribution in [2.45, 2.75) is 58.2 Å². The Kier molecular flexibility index (Phi) is 8.68. The van der Waals surface area contributed by atoms with Gasteiger partial charge in [0, 0.05) is 44.0 Å². The van der Waals surface area contributed by atoms with Crippen LogP contribution in [0.2, 0.25) is 0 Å². The smallest absolute Gasteiger partial charge is 0.253 e. The molecule has 0 aromatic heterocycles. The highest BCUT2D eigenvalue weighted by Crippen LogP contribution is 2.27. The van der Waals surface area contributed by atoms with Crippen LogP contribution in [0.4, 0.5) is 10.1 Å². The lowest BCUT2D eigenvalue weighted by Gasteiger charge is -2.37. The molecule has 0 saturated carbocycles. The van der Waals surface area contributed by atoms with Crippen molar-refractivity contribution in [3.63, 3.8) is 0 Å². The van der Waals surface area contributed by atoms with Gasteiger partial charge in [-0.15, -0.1) is 0 Å². The van der Waals surface area contributed by atoms with E-state index in [0.29, 0.717) is 31.1 Å². The number of hydrogen-bond acceptors (Lipinski definition) is 4. The molecule has 2 aliphatic heterocycles. The van der Waals surface area contributed by atoms with Gasteiger partial charge in [0.2, 0.25) is 0 Å². The van der Waals surface area contributed by atoms with Crippen molar-refractivity contribution in [2.75, 3.05) is 50.7 Å². The van der Waals surface area contributed by atoms with E-state index in [2.05, 4.69) is 41.0 Å². The molecule has 2 aromatic rings. The number of alkyl halides is 1. The summed E-state index contributed by atoms with van der Waals surface area (Å²) in [6, 6.07) is 16.5. The second-order valence-corrected chi connectivity index (χ2v) is 11.1. The number of halogens is 1. The topological polar surface area (TPSA) is 47.0 Å². The van der Waals surface area contributed by atoms with Gasteiger partial charge in [-0.05, 0) is 101 Å². The van der Waals surface area contributed by atoms with Gasteiger partial charge in [-0.2, -0.15) is 0 Å². The Morgan fingerprint density at radius 2 is 1.61 bits per heavy atom. The molecule has 1 amide bonds. The Morgan fingerprint density at radius 3 is 2.17 bits per heavy atom. The number of nitrogens with zero attached hydrogens (tertiary/aromatic N) is 3. The number of carbonyl (C=O) groups excluding carboxylic acids is 1. The molecule has 2 aliphatic rings. The van der Waals surface area contributed by atoms with Crippen LogP contribution < -0.4 is 4.90 Å². The van der Waals surface area contributed by atoms with E-state index in [9.17, 15) is 14.3 Å². The number of amides is 1. The summed E-state index contributed by atoms with van der Waals surface area (Å²) in [7, 11) is 0. The average Bonchev–Trinajstić information content (AvgIpc) is 2.87. The molecule has 36 heavy (non-hydrogen) atoms. The van der Waals surface area contributed by atoms with Crippen molar-refractivity contribution in [2.24, 2.45) is 5.92 Å². The van der Waals surface area contributed by atoms with Crippen molar-refractivity contribution < 1.29 is 14.3 Å². The number of aliphatic hydroxyl groups is 1. The molecule has 1 N–H and O–H groups in total. The van der Waals surface area contributed by atoms with Crippen LogP contribution in [0.1, 0.15) is 56.8 Å². The van der Waals surface area contributed by atoms with E-state index in [0.717, 1.165) is 63.0 Å². The first kappa shape index (κ1) is 26.6. The summed E-state index contributed by atoms with van der Waals surface area (Å²) in [5, 5.41) is 9.87. The zero-order valence-corrected chi connectivity index (χ0v) is 22.1. The molecule has 4 rings (SSSR count). The molecule has 1 atom stereocenters. The second kappa shape index (κ2) is 11.7. The summed E-state index contributed by atoms with van der Waals surface area (Å²) < 4.78 is 14.0. The van der Waals surface area contributed by atoms with Gasteiger partial charge in [-0.1, -0.05) is 24.3 Å². The van der Waals surface area contributed by atoms with Crippen LogP contribution in [0, 0.1) is 5.92 Å². The normalized spacial score (nSPS) is 19.9. The molecule has 2 aromatic carbocycles. The minimum Gasteiger partial charge on any atom is -0.391 e. The summed E-state index contributed by atoms with van der Waals surface area (Å²) in [6.45, 7) is 11.1. The van der Waals surface area contributed by atoms with E-state index in [1.54, 1.807) is 18.7 Å². The molecule has 0 radical (unpaired) electrons. The number of aliphatic hydroxyl groups excluding tert-OH is 1. The summed E-state index contributed by atoms with van der Waals surface area (Å²) in [4.78, 5) is 19.2. The molecule has 0 spiro atoms. The third-order valence-electron chi connectivity index (χ3n) is 7.55. The first-order chi connectivity index (χ1) is 17.2. The van der Waals surface area contributed by atoms with Crippen molar-refractivity contribution in [3.05, 3.63) is 54.1 Å². The van der Waals surface area contributed by atoms with E-state index in [4.69, 9.17) is 0 Å². The third kappa shape index (κ3) is 7.07. The predicted octanol–water partition coefficient (Wildman–Crippen LogP) is 5.24. The van der Waals surface area contributed by atoms with Gasteiger partial charge in [0.1, 0.15) is 5.67 Å². The van der Waals surface area contributed by atoms with Gasteiger partial charge in [0.05, 0.1) is 6.10 Å². The Bertz CT molecular complexity index is 979. The van der Waals surface area contributed by atoms with Crippen LogP contribution in [-0.2, 0) is 0 Å². The number of carbonyl (C=O) groups is 1. The third-order valence-corrected chi connectivity index (χ3v) is 7.55. The van der Waals surface area contributed by atoms with Crippen LogP contribution in [0.15, 0.2) is 48.5 Å². The maximum atomic E-state index is 14.0. The van der Waals surface area contributed by atoms with Gasteiger partial charge >= 0.3 is 0 Å². The highest BCUT2D eigenvalue weighted by Gasteiger charge is 2.26. The number of benzene rings is 2. The Morgan fingerprint density at radius 1 is 1.00 bits per heavy atom. The second-order valence-electron chi connectivity index (χ2n) is 11.1. The van der Waals surface area contributed by atoms with Crippen molar-refractivity contribution in [1.29, 1.82) is 0 Å². The fourth-order valence-corrected chi connectivity index (χ4v) is 5.58. The van der Waals surface area contributed by atoms with Gasteiger partial charge in [-0.25, -0.2) is 4.39 Å². The van der Waals surface area contributed by atoms with Crippen molar-refractivity contribution >= 4 is 11.6 Å². The average molecular weight is 496 g/mol. The van der Waals surface area contributed by atoms with E-state index in [1.807, 2.05) is 24.3 Å². The van der Waals surface area contributed by atoms with Crippen LogP contribution in [0.25, 0.3) is 11.1 Å². The molecule has 196 valence electrons. The van der Waals surface area contributed by atoms with E-state index in [-0.39, 0.29) is 5.91 Å². The lowest BCUT2D eigenvalue weighted by Crippen LogP contribution is -2.43. The minimum absolute atomic E-state index is 0.00604. The zero-order valence-electron chi connectivity index (χ0n) is 22.1. The van der Waals surface area contributed by atoms with Gasteiger partial charge in [-0.3, -0.25) is 4.79 Å². The molecule has 0 aliphatic carbocycles. The molecule has 5 nitrogen and oxygen atoms in total. The Hall–Kier alpha value is -2.44. The summed E-state index contributed by atoms with van der Waals surface area (Å²) in [5.41, 5.74) is 2.98. The fraction of sp³-hybridized carbons (Fsp3) is 0.567. The van der Waals surface area contributed by atoms with Crippen LogP contribution in [-0.4, -0.2) is 78.4 Å². The summed E-state index contributed by atoms with van der Waals surface area (Å²) in [6.07, 6.45) is 3.44. The first-order valence-corrected chi connectivity index (χ1v) is 13.6. The SMILES string of the molecule is CCN(CC1CCN(CC(C)(C)F)CC1)c1ccc(-c2ccc(C(=O)N3CCCC(O)C3)cc2)cc1. The Balaban J connectivity index is 1.33. The molecular formula is C30H42FN3O2. The van der Waals surface area contributed by atoms with E-state index < -0.39 is 11.8 Å². The quantitative estimate of drug-likeness (QED) is 0.544. The fourth-order valence-electron chi connectivity index (χ4n) is 5.58. The molecular weight excluding hydrogens is 453 g/mol. The van der Waals surface area contributed by atoms with Gasteiger partial charge < -0.3 is 19.8 Å². The molecule has 1 unspecified atom stereocenters. The van der Waals surface area contributed by atoms with Crippen LogP contribution in [0.5, 0.6) is 0 Å². The summed E-state index contributed by atoms with van der Waals surface area (Å²) in [5.74, 6) is 0.628. The van der Waals surface area contributed by atoms with Crippen molar-refractivity contribution in [3.8, 4) is 11.1 Å². The standard InChI is InChI=1S/C30H42FN3O2/c1-4-33(20-23-15-18-32(19-16-23)22-30(2,3)31)27-13-11-25(12-14-27)24-7-9-26(10-8-24)29(36)34-17-5-6-28(35)21-34/h7-14,23,28,35H,4-6,15-22H2,1-3H3. The maximum Gasteiger partial charge on any atom is 0.253 e. The molecule has 2 saturated heterocycles. The largest absolute Gasteiger partial charge is 0.391 e. The number of likely N-dealkylation sites (tertiary alicyclic amines) is 2. The highest BCUT2D eigenvalue weighted by atomic mass is 19.1. The monoisotopic (exact) mass is 495 g/mol. The number of anilines is 1. The first-order valence-electron chi connectivity index (χ1n) is 13.6. The molecule has 0 bridgehead atoms. The number of β-amino-alcohol motifs (C(OH)–C–C–N with tert-alkyl or cyclic N) is 1. The molecule has 2 heterocycles.